The van der Waals surface area contributed by atoms with Gasteiger partial charge in [-0.15, -0.1) is 0 Å². The molecule has 7 rings (SSSR count). The first-order valence-corrected chi connectivity index (χ1v) is 16.5. The SMILES string of the molecule is COc1ccc([C@H]2C3=CC[C@@H]4C(=O)N(CCCC(=O)O)C(=O)[C@@H]4[C@@H]3C[C@H]3C(=O)N(Nc4ccc(C)cc4)C(=O)[C@@]23c2ccccc2)c(O)c1. The number of carboxylic acid groups (broad SMARTS) is 1. The zero-order valence-corrected chi connectivity index (χ0v) is 27.2. The molecule has 4 amide bonds. The number of imide groups is 2. The van der Waals surface area contributed by atoms with Crippen LogP contribution in [0.25, 0.3) is 0 Å². The molecular formula is C38H37N3O8. The van der Waals surface area contributed by atoms with Crippen molar-refractivity contribution >= 4 is 35.3 Å². The third-order valence-electron chi connectivity index (χ3n) is 10.8. The number of hydrogen-bond donors (Lipinski definition) is 3. The van der Waals surface area contributed by atoms with Gasteiger partial charge in [0.25, 0.3) is 11.8 Å². The molecule has 4 aliphatic rings. The van der Waals surface area contributed by atoms with Crippen molar-refractivity contribution < 1.29 is 38.9 Å². The highest BCUT2D eigenvalue weighted by atomic mass is 16.5. The minimum atomic E-state index is -1.51. The number of benzene rings is 3. The Balaban J connectivity index is 1.40. The van der Waals surface area contributed by atoms with Crippen LogP contribution in [0.2, 0.25) is 0 Å². The molecule has 2 saturated heterocycles. The summed E-state index contributed by atoms with van der Waals surface area (Å²) in [7, 11) is 1.48. The van der Waals surface area contributed by atoms with E-state index in [1.165, 1.54) is 18.1 Å². The van der Waals surface area contributed by atoms with Gasteiger partial charge in [-0.25, -0.2) is 0 Å². The summed E-state index contributed by atoms with van der Waals surface area (Å²) in [6.45, 7) is 1.93. The molecule has 252 valence electrons. The fraction of sp³-hybridized carbons (Fsp3) is 0.342. The molecule has 0 bridgehead atoms. The summed E-state index contributed by atoms with van der Waals surface area (Å²) in [5.74, 6) is -6.34. The van der Waals surface area contributed by atoms with Crippen LogP contribution in [0, 0.1) is 30.6 Å². The summed E-state index contributed by atoms with van der Waals surface area (Å²) < 4.78 is 5.37. The second kappa shape index (κ2) is 12.2. The Morgan fingerprint density at radius 3 is 2.37 bits per heavy atom. The average molecular weight is 664 g/mol. The van der Waals surface area contributed by atoms with Crippen LogP contribution in [0.1, 0.15) is 48.3 Å². The van der Waals surface area contributed by atoms with Crippen LogP contribution in [-0.4, -0.2) is 63.4 Å². The van der Waals surface area contributed by atoms with Crippen LogP contribution in [0.5, 0.6) is 11.5 Å². The van der Waals surface area contributed by atoms with Crippen molar-refractivity contribution in [3.63, 3.8) is 0 Å². The number of phenols is 1. The molecule has 2 aliphatic carbocycles. The summed E-state index contributed by atoms with van der Waals surface area (Å²) in [4.78, 5) is 69.9. The van der Waals surface area contributed by atoms with E-state index in [-0.39, 0.29) is 43.9 Å². The van der Waals surface area contributed by atoms with Gasteiger partial charge in [0, 0.05) is 30.5 Å². The van der Waals surface area contributed by atoms with E-state index in [0.29, 0.717) is 28.1 Å². The van der Waals surface area contributed by atoms with Gasteiger partial charge >= 0.3 is 5.97 Å². The lowest BCUT2D eigenvalue weighted by atomic mass is 9.49. The quantitative estimate of drug-likeness (QED) is 0.221. The summed E-state index contributed by atoms with van der Waals surface area (Å²) >= 11 is 0. The Bertz CT molecular complexity index is 1890. The third-order valence-corrected chi connectivity index (χ3v) is 10.8. The number of phenolic OH excluding ortho intramolecular Hbond substituents is 1. The second-order valence-corrected chi connectivity index (χ2v) is 13.3. The Kier molecular flexibility index (Phi) is 8.01. The van der Waals surface area contributed by atoms with Gasteiger partial charge in [-0.05, 0) is 55.9 Å². The van der Waals surface area contributed by atoms with Gasteiger partial charge < -0.3 is 14.9 Å². The van der Waals surface area contributed by atoms with E-state index in [1.54, 1.807) is 24.3 Å². The van der Waals surface area contributed by atoms with Crippen LogP contribution < -0.4 is 10.2 Å². The number of allylic oxidation sites excluding steroid dienone is 2. The molecule has 2 aliphatic heterocycles. The van der Waals surface area contributed by atoms with Crippen LogP contribution in [0.3, 0.4) is 0 Å². The molecule has 0 unspecified atom stereocenters. The largest absolute Gasteiger partial charge is 0.508 e. The molecular weight excluding hydrogens is 626 g/mol. The van der Waals surface area contributed by atoms with Gasteiger partial charge in [-0.1, -0.05) is 65.7 Å². The van der Waals surface area contributed by atoms with Gasteiger partial charge in [0.2, 0.25) is 11.8 Å². The van der Waals surface area contributed by atoms with Crippen molar-refractivity contribution in [3.05, 3.63) is 101 Å². The number of rotatable bonds is 9. The summed E-state index contributed by atoms with van der Waals surface area (Å²) in [6.07, 6.45) is 2.22. The number of hydrazine groups is 1. The number of aliphatic carboxylic acids is 1. The maximum Gasteiger partial charge on any atom is 0.303 e. The number of likely N-dealkylation sites (tertiary alicyclic amines) is 1. The van der Waals surface area contributed by atoms with Gasteiger partial charge in [-0.3, -0.25) is 34.3 Å². The summed E-state index contributed by atoms with van der Waals surface area (Å²) in [5.41, 5.74) is 4.81. The molecule has 11 heteroatoms. The van der Waals surface area contributed by atoms with E-state index in [9.17, 15) is 24.3 Å². The van der Waals surface area contributed by atoms with E-state index in [4.69, 9.17) is 9.84 Å². The number of anilines is 1. The van der Waals surface area contributed by atoms with Gasteiger partial charge in [0.15, 0.2) is 0 Å². The molecule has 0 radical (unpaired) electrons. The lowest BCUT2D eigenvalue weighted by molar-refractivity contribution is -0.142. The smallest absolute Gasteiger partial charge is 0.303 e. The first-order valence-electron chi connectivity index (χ1n) is 16.5. The summed E-state index contributed by atoms with van der Waals surface area (Å²) in [6, 6.07) is 21.3. The maximum atomic E-state index is 15.1. The number of carbonyl (C=O) groups is 5. The lowest BCUT2D eigenvalue weighted by Crippen LogP contribution is -2.53. The molecule has 0 aromatic heterocycles. The summed E-state index contributed by atoms with van der Waals surface area (Å²) in [5, 5.41) is 21.8. The van der Waals surface area contributed by atoms with Crippen LogP contribution in [-0.2, 0) is 29.4 Å². The Labute approximate surface area is 283 Å². The number of nitrogens with one attached hydrogen (secondary N) is 1. The van der Waals surface area contributed by atoms with Crippen molar-refractivity contribution in [2.75, 3.05) is 19.1 Å². The highest BCUT2D eigenvalue weighted by Crippen LogP contribution is 2.65. The number of amides is 4. The van der Waals surface area contributed by atoms with Crippen molar-refractivity contribution in [3.8, 4) is 11.5 Å². The Morgan fingerprint density at radius 2 is 1.69 bits per heavy atom. The van der Waals surface area contributed by atoms with Crippen molar-refractivity contribution in [2.45, 2.75) is 43.9 Å². The first-order chi connectivity index (χ1) is 23.6. The monoisotopic (exact) mass is 663 g/mol. The standard InChI is InChI=1S/C38H37N3O8/c1-21-10-12-23(13-11-21)39-41-35(46)29-20-28-25(16-17-27-32(28)36(47)40(34(27)45)18-6-9-31(43)44)33(26-15-14-24(49-2)19-30(26)42)38(29,37(41)48)22-7-4-3-5-8-22/h3-5,7-8,10-16,19,27-29,32-33,39,42H,6,9,17-18,20H2,1-2H3,(H,43,44)/t27-,28+,29-,32-,33+,38+/m0/s1. The third kappa shape index (κ3) is 4.98. The number of hydrogen-bond acceptors (Lipinski definition) is 8. The van der Waals surface area contributed by atoms with Crippen LogP contribution in [0.15, 0.2) is 84.4 Å². The molecule has 3 aromatic rings. The second-order valence-electron chi connectivity index (χ2n) is 13.3. The molecule has 49 heavy (non-hydrogen) atoms. The van der Waals surface area contributed by atoms with Crippen molar-refractivity contribution in [2.24, 2.45) is 23.7 Å². The number of fused-ring (bicyclic) bond motifs is 4. The number of aromatic hydroxyl groups is 1. The lowest BCUT2D eigenvalue weighted by Gasteiger charge is -2.50. The van der Waals surface area contributed by atoms with Gasteiger partial charge in [0.1, 0.15) is 11.5 Å². The molecule has 2 heterocycles. The number of carboxylic acids is 1. The molecule has 3 fully saturated rings. The Morgan fingerprint density at radius 1 is 0.959 bits per heavy atom. The number of carbonyl (C=O) groups excluding carboxylic acids is 4. The predicted octanol–water partition coefficient (Wildman–Crippen LogP) is 4.56. The zero-order valence-electron chi connectivity index (χ0n) is 27.2. The number of ether oxygens (including phenoxy) is 1. The normalized spacial score (nSPS) is 27.4. The number of nitrogens with zero attached hydrogens (tertiary/aromatic N) is 2. The van der Waals surface area contributed by atoms with E-state index < -0.39 is 58.7 Å². The maximum absolute atomic E-state index is 15.1. The van der Waals surface area contributed by atoms with Crippen LogP contribution >= 0.6 is 0 Å². The highest BCUT2D eigenvalue weighted by Gasteiger charge is 2.70. The zero-order chi connectivity index (χ0) is 34.6. The number of aryl methyl sites for hydroxylation is 1. The first kappa shape index (κ1) is 32.1. The minimum absolute atomic E-state index is 0.00916. The topological polar surface area (TPSA) is 154 Å². The van der Waals surface area contributed by atoms with E-state index in [0.717, 1.165) is 10.6 Å². The minimum Gasteiger partial charge on any atom is -0.508 e. The molecule has 0 spiro atoms. The highest BCUT2D eigenvalue weighted by molar-refractivity contribution is 6.13. The fourth-order valence-corrected chi connectivity index (χ4v) is 8.66. The molecule has 3 N–H and O–H groups in total. The molecule has 6 atom stereocenters. The van der Waals surface area contributed by atoms with Gasteiger partial charge in [0.05, 0.1) is 36.0 Å². The van der Waals surface area contributed by atoms with E-state index in [2.05, 4.69) is 5.43 Å². The van der Waals surface area contributed by atoms with Crippen LogP contribution in [0.4, 0.5) is 5.69 Å². The van der Waals surface area contributed by atoms with Gasteiger partial charge in [-0.2, -0.15) is 5.01 Å². The Hall–Kier alpha value is -5.45. The number of methoxy groups -OCH3 is 1. The molecule has 3 aromatic carbocycles. The molecule has 11 nitrogen and oxygen atoms in total. The average Bonchev–Trinajstić information content (AvgIpc) is 3.46. The fourth-order valence-electron chi connectivity index (χ4n) is 8.66. The van der Waals surface area contributed by atoms with Crippen molar-refractivity contribution in [1.29, 1.82) is 0 Å². The van der Waals surface area contributed by atoms with E-state index in [1.807, 2.05) is 55.5 Å². The van der Waals surface area contributed by atoms with E-state index >= 15 is 4.79 Å². The molecule has 1 saturated carbocycles. The predicted molar refractivity (Wildman–Crippen MR) is 177 cm³/mol. The van der Waals surface area contributed by atoms with Crippen molar-refractivity contribution in [1.82, 2.24) is 9.91 Å².